The van der Waals surface area contributed by atoms with Crippen molar-refractivity contribution in [1.82, 2.24) is 5.32 Å². The Balaban J connectivity index is 1.48. The number of rotatable bonds is 6. The Morgan fingerprint density at radius 1 is 1.16 bits per heavy atom. The summed E-state index contributed by atoms with van der Waals surface area (Å²) >= 11 is 6.17. The van der Waals surface area contributed by atoms with Crippen molar-refractivity contribution in [3.8, 4) is 0 Å². The van der Waals surface area contributed by atoms with E-state index < -0.39 is 10.0 Å². The lowest BCUT2D eigenvalue weighted by molar-refractivity contribution is -0.122. The maximum Gasteiger partial charge on any atom is 0.238 e. The molecule has 0 aromatic heterocycles. The zero-order valence-corrected chi connectivity index (χ0v) is 15.1. The normalized spacial score (nSPS) is 19.4. The van der Waals surface area contributed by atoms with Crippen LogP contribution in [0.3, 0.4) is 0 Å². The number of hydrogen-bond donors (Lipinski definition) is 2. The average Bonchev–Trinajstić information content (AvgIpc) is 3.35. The van der Waals surface area contributed by atoms with Gasteiger partial charge in [0.25, 0.3) is 0 Å². The van der Waals surface area contributed by atoms with Crippen molar-refractivity contribution in [2.45, 2.75) is 23.7 Å². The number of nitrogens with two attached hydrogens (primary N) is 1. The highest BCUT2D eigenvalue weighted by Crippen LogP contribution is 2.49. The van der Waals surface area contributed by atoms with Crippen LogP contribution in [0.1, 0.15) is 23.5 Å². The number of sulfonamides is 1. The van der Waals surface area contributed by atoms with E-state index in [9.17, 15) is 13.2 Å². The zero-order chi connectivity index (χ0) is 18.0. The van der Waals surface area contributed by atoms with Crippen LogP contribution in [0.15, 0.2) is 53.4 Å². The summed E-state index contributed by atoms with van der Waals surface area (Å²) in [7, 11) is -3.67. The summed E-state index contributed by atoms with van der Waals surface area (Å²) in [6.45, 7) is 0.499. The van der Waals surface area contributed by atoms with Crippen molar-refractivity contribution >= 4 is 27.5 Å². The molecule has 2 unspecified atom stereocenters. The highest BCUT2D eigenvalue weighted by Gasteiger charge is 2.44. The molecule has 3 N–H and O–H groups in total. The molecule has 2 aromatic carbocycles. The third kappa shape index (κ3) is 4.39. The Hall–Kier alpha value is -1.89. The van der Waals surface area contributed by atoms with Gasteiger partial charge in [-0.05, 0) is 48.1 Å². The maximum absolute atomic E-state index is 12.2. The van der Waals surface area contributed by atoms with E-state index in [1.165, 1.54) is 12.1 Å². The van der Waals surface area contributed by atoms with Crippen LogP contribution in [0.4, 0.5) is 0 Å². The summed E-state index contributed by atoms with van der Waals surface area (Å²) in [5, 5.41) is 8.70. The van der Waals surface area contributed by atoms with Crippen molar-refractivity contribution in [2.24, 2.45) is 11.1 Å². The fraction of sp³-hybridized carbons (Fsp3) is 0.278. The van der Waals surface area contributed by atoms with Crippen LogP contribution in [0, 0.1) is 5.92 Å². The molecule has 2 atom stereocenters. The largest absolute Gasteiger partial charge is 0.356 e. The third-order valence-corrected chi connectivity index (χ3v) is 5.67. The minimum Gasteiger partial charge on any atom is -0.356 e. The lowest BCUT2D eigenvalue weighted by atomic mass is 10.1. The molecular weight excluding hydrogens is 360 g/mol. The van der Waals surface area contributed by atoms with E-state index in [0.717, 1.165) is 17.5 Å². The van der Waals surface area contributed by atoms with E-state index in [1.54, 1.807) is 12.1 Å². The SMILES string of the molecule is NS(=O)(=O)c1ccc(CCNC(=O)C2CC2c2ccccc2Cl)cc1. The van der Waals surface area contributed by atoms with Crippen molar-refractivity contribution in [3.05, 3.63) is 64.7 Å². The number of amides is 1. The first-order valence-electron chi connectivity index (χ1n) is 8.00. The van der Waals surface area contributed by atoms with E-state index in [1.807, 2.05) is 24.3 Å². The van der Waals surface area contributed by atoms with Crippen LogP contribution >= 0.6 is 11.6 Å². The molecule has 0 saturated heterocycles. The minimum absolute atomic E-state index is 0.0235. The molecule has 0 aliphatic heterocycles. The molecule has 25 heavy (non-hydrogen) atoms. The number of nitrogens with one attached hydrogen (secondary N) is 1. The molecule has 132 valence electrons. The molecule has 1 saturated carbocycles. The molecule has 7 heteroatoms. The first kappa shape index (κ1) is 17.9. The van der Waals surface area contributed by atoms with E-state index in [2.05, 4.69) is 5.32 Å². The van der Waals surface area contributed by atoms with Crippen molar-refractivity contribution in [2.75, 3.05) is 6.54 Å². The Morgan fingerprint density at radius 2 is 1.84 bits per heavy atom. The second-order valence-corrected chi connectivity index (χ2v) is 8.17. The summed E-state index contributed by atoms with van der Waals surface area (Å²) in [6.07, 6.45) is 1.44. The summed E-state index contributed by atoms with van der Waals surface area (Å²) < 4.78 is 22.4. The highest BCUT2D eigenvalue weighted by atomic mass is 35.5. The van der Waals surface area contributed by atoms with Gasteiger partial charge in [-0.2, -0.15) is 0 Å². The summed E-state index contributed by atoms with van der Waals surface area (Å²) in [5.41, 5.74) is 1.97. The Kier molecular flexibility index (Phi) is 5.13. The average molecular weight is 379 g/mol. The fourth-order valence-corrected chi connectivity index (χ4v) is 3.70. The molecule has 5 nitrogen and oxygen atoms in total. The van der Waals surface area contributed by atoms with Gasteiger partial charge in [0.2, 0.25) is 15.9 Å². The lowest BCUT2D eigenvalue weighted by Gasteiger charge is -2.07. The number of primary sulfonamides is 1. The Labute approximate surface area is 152 Å². The zero-order valence-electron chi connectivity index (χ0n) is 13.5. The van der Waals surface area contributed by atoms with Crippen LogP contribution in [0.2, 0.25) is 5.02 Å². The molecule has 0 spiro atoms. The molecule has 1 fully saturated rings. The first-order chi connectivity index (χ1) is 11.9. The molecule has 0 bridgehead atoms. The lowest BCUT2D eigenvalue weighted by Crippen LogP contribution is -2.27. The van der Waals surface area contributed by atoms with Gasteiger partial charge in [-0.25, -0.2) is 13.6 Å². The van der Waals surface area contributed by atoms with Gasteiger partial charge in [0.15, 0.2) is 0 Å². The van der Waals surface area contributed by atoms with Gasteiger partial charge in [0, 0.05) is 17.5 Å². The van der Waals surface area contributed by atoms with Gasteiger partial charge < -0.3 is 5.32 Å². The van der Waals surface area contributed by atoms with E-state index in [4.69, 9.17) is 16.7 Å². The van der Waals surface area contributed by atoms with Crippen molar-refractivity contribution < 1.29 is 13.2 Å². The monoisotopic (exact) mass is 378 g/mol. The molecule has 2 aromatic rings. The number of hydrogen-bond acceptors (Lipinski definition) is 3. The quantitative estimate of drug-likeness (QED) is 0.809. The number of carbonyl (C=O) groups excluding carboxylic acids is 1. The number of benzene rings is 2. The number of halogens is 1. The van der Waals surface area contributed by atoms with Gasteiger partial charge >= 0.3 is 0 Å². The predicted molar refractivity (Wildman–Crippen MR) is 96.8 cm³/mol. The van der Waals surface area contributed by atoms with Gasteiger partial charge in [0.05, 0.1) is 4.90 Å². The summed E-state index contributed by atoms with van der Waals surface area (Å²) in [6, 6.07) is 14.0. The van der Waals surface area contributed by atoms with Crippen LogP contribution < -0.4 is 10.5 Å². The van der Waals surface area contributed by atoms with E-state index in [0.29, 0.717) is 18.0 Å². The highest BCUT2D eigenvalue weighted by molar-refractivity contribution is 7.89. The smallest absolute Gasteiger partial charge is 0.238 e. The van der Waals surface area contributed by atoms with Crippen LogP contribution in [0.25, 0.3) is 0 Å². The fourth-order valence-electron chi connectivity index (χ4n) is 2.91. The molecular formula is C18H19ClN2O3S. The third-order valence-electron chi connectivity index (χ3n) is 4.40. The van der Waals surface area contributed by atoms with Gasteiger partial charge in [-0.15, -0.1) is 0 Å². The molecule has 0 radical (unpaired) electrons. The molecule has 1 amide bonds. The van der Waals surface area contributed by atoms with Crippen molar-refractivity contribution in [3.63, 3.8) is 0 Å². The van der Waals surface area contributed by atoms with Gasteiger partial charge in [-0.3, -0.25) is 4.79 Å². The van der Waals surface area contributed by atoms with E-state index >= 15 is 0 Å². The van der Waals surface area contributed by atoms with Crippen LogP contribution in [0.5, 0.6) is 0 Å². The minimum atomic E-state index is -3.67. The Bertz CT molecular complexity index is 881. The second-order valence-electron chi connectivity index (χ2n) is 6.20. The molecule has 0 heterocycles. The maximum atomic E-state index is 12.2. The Morgan fingerprint density at radius 3 is 2.48 bits per heavy atom. The van der Waals surface area contributed by atoms with Crippen molar-refractivity contribution in [1.29, 1.82) is 0 Å². The van der Waals surface area contributed by atoms with Crippen LogP contribution in [-0.4, -0.2) is 20.9 Å². The molecule has 3 rings (SSSR count). The predicted octanol–water partition coefficient (Wildman–Crippen LogP) is 2.45. The second kappa shape index (κ2) is 7.15. The standard InChI is InChI=1S/C18H19ClN2O3S/c19-17-4-2-1-3-14(17)15-11-16(15)18(22)21-10-9-12-5-7-13(8-6-12)25(20,23)24/h1-8,15-16H,9-11H2,(H,21,22)(H2,20,23,24). The topological polar surface area (TPSA) is 89.3 Å². The number of carbonyl (C=O) groups is 1. The summed E-state index contributed by atoms with van der Waals surface area (Å²) in [5.74, 6) is 0.207. The van der Waals surface area contributed by atoms with Gasteiger partial charge in [-0.1, -0.05) is 41.9 Å². The summed E-state index contributed by atoms with van der Waals surface area (Å²) in [4.78, 5) is 12.3. The van der Waals surface area contributed by atoms with Crippen LogP contribution in [-0.2, 0) is 21.2 Å². The molecule has 1 aliphatic carbocycles. The first-order valence-corrected chi connectivity index (χ1v) is 9.92. The van der Waals surface area contributed by atoms with Gasteiger partial charge in [0.1, 0.15) is 0 Å². The van der Waals surface area contributed by atoms with E-state index in [-0.39, 0.29) is 22.6 Å². The molecule has 1 aliphatic rings.